The number of ether oxygens (including phenoxy) is 1. The predicted molar refractivity (Wildman–Crippen MR) is 121 cm³/mol. The van der Waals surface area contributed by atoms with Crippen molar-refractivity contribution < 1.29 is 14.3 Å². The van der Waals surface area contributed by atoms with Crippen LogP contribution in [0.3, 0.4) is 0 Å². The topological polar surface area (TPSA) is 38.7 Å². The molecule has 0 amide bonds. The summed E-state index contributed by atoms with van der Waals surface area (Å²) in [5.74, 6) is 1.15. The van der Waals surface area contributed by atoms with Crippen molar-refractivity contribution in [3.63, 3.8) is 0 Å². The second-order valence-corrected chi connectivity index (χ2v) is 14.2. The van der Waals surface area contributed by atoms with Crippen molar-refractivity contribution in [2.24, 2.45) is 0 Å². The molecule has 2 aromatic rings. The van der Waals surface area contributed by atoms with Crippen LogP contribution in [0.4, 0.5) is 0 Å². The van der Waals surface area contributed by atoms with Gasteiger partial charge in [0.25, 0.3) is 0 Å². The van der Waals surface area contributed by atoms with Crippen molar-refractivity contribution in [2.75, 3.05) is 7.11 Å². The van der Waals surface area contributed by atoms with Gasteiger partial charge >= 0.3 is 0 Å². The number of allylic oxidation sites excluding steroid dienone is 1. The fourth-order valence-corrected chi connectivity index (χ4v) is 4.58. The first kappa shape index (κ1) is 20.9. The SMILES string of the molecule is COc1c(CO[Si](C)(C)C(C)(C)C)c(C=C2CCCC2)c(O)c2ccccc12. The summed E-state index contributed by atoms with van der Waals surface area (Å²) in [4.78, 5) is 0. The van der Waals surface area contributed by atoms with Gasteiger partial charge in [-0.05, 0) is 43.8 Å². The number of phenols is 1. The highest BCUT2D eigenvalue weighted by Gasteiger charge is 2.37. The molecule has 1 aliphatic rings. The van der Waals surface area contributed by atoms with Crippen LogP contribution in [-0.2, 0) is 11.0 Å². The van der Waals surface area contributed by atoms with Crippen molar-refractivity contribution >= 4 is 25.2 Å². The number of hydrogen-bond acceptors (Lipinski definition) is 3. The van der Waals surface area contributed by atoms with E-state index in [1.54, 1.807) is 7.11 Å². The van der Waals surface area contributed by atoms with E-state index < -0.39 is 8.32 Å². The minimum absolute atomic E-state index is 0.128. The zero-order chi connectivity index (χ0) is 20.5. The Morgan fingerprint density at radius 1 is 1.07 bits per heavy atom. The number of aromatic hydroxyl groups is 1. The van der Waals surface area contributed by atoms with Gasteiger partial charge in [-0.1, -0.05) is 56.7 Å². The third-order valence-corrected chi connectivity index (χ3v) is 10.9. The largest absolute Gasteiger partial charge is 0.507 e. The van der Waals surface area contributed by atoms with Crippen LogP contribution in [-0.4, -0.2) is 20.5 Å². The Hall–Kier alpha value is -1.78. The lowest BCUT2D eigenvalue weighted by Crippen LogP contribution is -2.40. The molecule has 0 heterocycles. The third kappa shape index (κ3) is 3.99. The summed E-state index contributed by atoms with van der Waals surface area (Å²) in [6.07, 6.45) is 6.86. The van der Waals surface area contributed by atoms with Gasteiger partial charge in [-0.2, -0.15) is 0 Å². The Bertz CT molecular complexity index is 883. The number of benzene rings is 2. The molecule has 0 aromatic heterocycles. The van der Waals surface area contributed by atoms with Gasteiger partial charge in [0.05, 0.1) is 13.7 Å². The van der Waals surface area contributed by atoms with Gasteiger partial charge in [0.15, 0.2) is 8.32 Å². The first-order chi connectivity index (χ1) is 13.2. The maximum Gasteiger partial charge on any atom is 0.192 e. The van der Waals surface area contributed by atoms with Gasteiger partial charge in [0.1, 0.15) is 11.5 Å². The normalized spacial score (nSPS) is 15.3. The summed E-state index contributed by atoms with van der Waals surface area (Å²) in [5.41, 5.74) is 3.23. The highest BCUT2D eigenvalue weighted by molar-refractivity contribution is 6.74. The quantitative estimate of drug-likeness (QED) is 0.549. The van der Waals surface area contributed by atoms with E-state index >= 15 is 0 Å². The van der Waals surface area contributed by atoms with Crippen molar-refractivity contribution in [3.05, 3.63) is 41.0 Å². The minimum Gasteiger partial charge on any atom is -0.507 e. The third-order valence-electron chi connectivity index (χ3n) is 6.46. The van der Waals surface area contributed by atoms with E-state index in [2.05, 4.69) is 39.9 Å². The molecule has 0 bridgehead atoms. The van der Waals surface area contributed by atoms with Gasteiger partial charge in [0, 0.05) is 21.9 Å². The van der Waals surface area contributed by atoms with E-state index in [4.69, 9.17) is 9.16 Å². The Morgan fingerprint density at radius 2 is 1.68 bits per heavy atom. The number of methoxy groups -OCH3 is 1. The molecular weight excluding hydrogens is 364 g/mol. The van der Waals surface area contributed by atoms with Gasteiger partial charge in [-0.3, -0.25) is 0 Å². The monoisotopic (exact) mass is 398 g/mol. The highest BCUT2D eigenvalue weighted by Crippen LogP contribution is 2.44. The van der Waals surface area contributed by atoms with Crippen molar-refractivity contribution in [3.8, 4) is 11.5 Å². The van der Waals surface area contributed by atoms with Crippen LogP contribution in [0.2, 0.25) is 18.1 Å². The van der Waals surface area contributed by atoms with E-state index in [0.717, 1.165) is 40.5 Å². The molecule has 0 spiro atoms. The molecular formula is C24H34O3Si. The molecule has 28 heavy (non-hydrogen) atoms. The lowest BCUT2D eigenvalue weighted by molar-refractivity contribution is 0.269. The number of rotatable bonds is 5. The van der Waals surface area contributed by atoms with Crippen LogP contribution in [0.15, 0.2) is 29.8 Å². The summed E-state index contributed by atoms with van der Waals surface area (Å²) in [7, 11) is -0.224. The number of phenolic OH excluding ortho intramolecular Hbond substituents is 1. The first-order valence-electron chi connectivity index (χ1n) is 10.3. The lowest BCUT2D eigenvalue weighted by Gasteiger charge is -2.36. The van der Waals surface area contributed by atoms with Crippen molar-refractivity contribution in [1.82, 2.24) is 0 Å². The van der Waals surface area contributed by atoms with E-state index in [0.29, 0.717) is 12.4 Å². The molecule has 0 radical (unpaired) electrons. The fourth-order valence-electron chi connectivity index (χ4n) is 3.64. The second kappa shape index (κ2) is 7.92. The Labute approximate surface area is 170 Å². The van der Waals surface area contributed by atoms with E-state index in [1.165, 1.54) is 18.4 Å². The molecule has 1 saturated carbocycles. The van der Waals surface area contributed by atoms with Gasteiger partial charge in [-0.15, -0.1) is 0 Å². The highest BCUT2D eigenvalue weighted by atomic mass is 28.4. The molecule has 1 N–H and O–H groups in total. The Kier molecular flexibility index (Phi) is 5.92. The summed E-state index contributed by atoms with van der Waals surface area (Å²) >= 11 is 0. The van der Waals surface area contributed by atoms with Gasteiger partial charge < -0.3 is 14.3 Å². The molecule has 0 aliphatic heterocycles. The van der Waals surface area contributed by atoms with Crippen LogP contribution < -0.4 is 4.74 Å². The van der Waals surface area contributed by atoms with Crippen LogP contribution in [0.25, 0.3) is 16.8 Å². The predicted octanol–water partition coefficient (Wildman–Crippen LogP) is 7.03. The Morgan fingerprint density at radius 3 is 2.25 bits per heavy atom. The van der Waals surface area contributed by atoms with Crippen LogP contribution in [0.5, 0.6) is 11.5 Å². The molecule has 0 unspecified atom stereocenters. The smallest absolute Gasteiger partial charge is 0.192 e. The lowest BCUT2D eigenvalue weighted by atomic mass is 9.96. The van der Waals surface area contributed by atoms with Crippen molar-refractivity contribution in [1.29, 1.82) is 0 Å². The van der Waals surface area contributed by atoms with Crippen LogP contribution >= 0.6 is 0 Å². The molecule has 152 valence electrons. The molecule has 3 nitrogen and oxygen atoms in total. The molecule has 0 saturated heterocycles. The standard InChI is InChI=1S/C24H34O3Si/c1-24(2,3)28(5,6)27-16-21-20(15-17-11-7-8-12-17)22(25)18-13-9-10-14-19(18)23(21)26-4/h9-10,13-15,25H,7-8,11-12,16H2,1-6H3. The summed E-state index contributed by atoms with van der Waals surface area (Å²) in [5, 5.41) is 13.1. The maximum atomic E-state index is 11.2. The average molecular weight is 399 g/mol. The van der Waals surface area contributed by atoms with E-state index in [1.807, 2.05) is 24.3 Å². The molecule has 1 aliphatic carbocycles. The van der Waals surface area contributed by atoms with Crippen LogP contribution in [0, 0.1) is 0 Å². The molecule has 1 fully saturated rings. The number of fused-ring (bicyclic) bond motifs is 1. The summed E-state index contributed by atoms with van der Waals surface area (Å²) < 4.78 is 12.4. The summed E-state index contributed by atoms with van der Waals surface area (Å²) in [6.45, 7) is 11.7. The van der Waals surface area contributed by atoms with Gasteiger partial charge in [-0.25, -0.2) is 0 Å². The zero-order valence-electron chi connectivity index (χ0n) is 18.2. The molecule has 2 aromatic carbocycles. The summed E-state index contributed by atoms with van der Waals surface area (Å²) in [6, 6.07) is 7.91. The van der Waals surface area contributed by atoms with E-state index in [-0.39, 0.29) is 5.04 Å². The van der Waals surface area contributed by atoms with Gasteiger partial charge in [0.2, 0.25) is 0 Å². The van der Waals surface area contributed by atoms with E-state index in [9.17, 15) is 5.11 Å². The fraction of sp³-hybridized carbons (Fsp3) is 0.500. The minimum atomic E-state index is -1.93. The molecule has 3 rings (SSSR count). The zero-order valence-corrected chi connectivity index (χ0v) is 19.2. The molecule has 0 atom stereocenters. The maximum absolute atomic E-state index is 11.2. The second-order valence-electron chi connectivity index (χ2n) is 9.38. The number of hydrogen-bond donors (Lipinski definition) is 1. The first-order valence-corrected chi connectivity index (χ1v) is 13.2. The average Bonchev–Trinajstić information content (AvgIpc) is 3.15. The Balaban J connectivity index is 2.16. The van der Waals surface area contributed by atoms with Crippen molar-refractivity contribution in [2.45, 2.75) is 71.2 Å². The van der Waals surface area contributed by atoms with Crippen LogP contribution in [0.1, 0.15) is 57.6 Å². The molecule has 4 heteroatoms.